The fourth-order valence-electron chi connectivity index (χ4n) is 2.84. The summed E-state index contributed by atoms with van der Waals surface area (Å²) in [5.41, 5.74) is 0.179. The number of aryl methyl sites for hydroxylation is 1. The van der Waals surface area contributed by atoms with E-state index in [-0.39, 0.29) is 23.6 Å². The van der Waals surface area contributed by atoms with E-state index in [0.29, 0.717) is 11.1 Å². The van der Waals surface area contributed by atoms with Crippen LogP contribution in [-0.4, -0.2) is 42.9 Å². The number of carbonyl (C=O) groups is 1. The van der Waals surface area contributed by atoms with Crippen LogP contribution in [0.3, 0.4) is 0 Å². The van der Waals surface area contributed by atoms with Crippen LogP contribution < -0.4 is 5.32 Å². The number of alkyl halides is 3. The number of nitrogens with zero attached hydrogens (tertiary/aromatic N) is 2. The summed E-state index contributed by atoms with van der Waals surface area (Å²) in [6.07, 6.45) is -5.33. The van der Waals surface area contributed by atoms with Crippen molar-refractivity contribution in [3.05, 3.63) is 75.8 Å². The van der Waals surface area contributed by atoms with Crippen molar-refractivity contribution in [2.75, 3.05) is 26.1 Å². The second-order valence-electron chi connectivity index (χ2n) is 6.72. The molecule has 172 valence electrons. The third-order valence-electron chi connectivity index (χ3n) is 4.62. The van der Waals surface area contributed by atoms with Gasteiger partial charge in [0.05, 0.1) is 17.0 Å². The number of methoxy groups -OCH3 is 2. The Hall–Kier alpha value is -3.44. The van der Waals surface area contributed by atoms with E-state index in [1.165, 1.54) is 37.3 Å². The summed E-state index contributed by atoms with van der Waals surface area (Å²) in [4.78, 5) is 24.7. The zero-order chi connectivity index (χ0) is 24.1. The lowest BCUT2D eigenvalue weighted by atomic mass is 10.1. The second kappa shape index (κ2) is 10.2. The molecule has 0 aromatic heterocycles. The predicted molar refractivity (Wildman–Crippen MR) is 112 cm³/mol. The van der Waals surface area contributed by atoms with Crippen molar-refractivity contribution < 1.29 is 32.4 Å². The van der Waals surface area contributed by atoms with Gasteiger partial charge < -0.3 is 14.8 Å². The van der Waals surface area contributed by atoms with Crippen LogP contribution in [0.1, 0.15) is 16.7 Å². The maximum atomic E-state index is 12.9. The standard InChI is InChI=1S/C21H22F3N3O5/c1-13-11-15(5-10-18(13)27(29)30)14(2)26(12-19(31-3)32-4)20(28)25-17-8-6-16(7-9-17)21(22,23)24/h5-11,19H,2,12H2,1,3-4H3,(H,25,28). The summed E-state index contributed by atoms with van der Waals surface area (Å²) in [5.74, 6) is 0. The maximum Gasteiger partial charge on any atom is 0.416 e. The number of urea groups is 1. The molecule has 0 unspecified atom stereocenters. The van der Waals surface area contributed by atoms with E-state index < -0.39 is 29.0 Å². The zero-order valence-corrected chi connectivity index (χ0v) is 17.6. The Morgan fingerprint density at radius 2 is 1.78 bits per heavy atom. The Morgan fingerprint density at radius 3 is 2.25 bits per heavy atom. The number of ether oxygens (including phenoxy) is 2. The average Bonchev–Trinajstić information content (AvgIpc) is 2.73. The third-order valence-corrected chi connectivity index (χ3v) is 4.62. The minimum atomic E-state index is -4.50. The van der Waals surface area contributed by atoms with Crippen LogP contribution in [0, 0.1) is 17.0 Å². The highest BCUT2D eigenvalue weighted by Crippen LogP contribution is 2.30. The molecule has 0 saturated heterocycles. The van der Waals surface area contributed by atoms with Crippen LogP contribution in [-0.2, 0) is 15.7 Å². The number of nitro groups is 1. The fourth-order valence-corrected chi connectivity index (χ4v) is 2.84. The minimum Gasteiger partial charge on any atom is -0.354 e. The molecule has 0 heterocycles. The summed E-state index contributed by atoms with van der Waals surface area (Å²) in [6, 6.07) is 7.50. The van der Waals surface area contributed by atoms with E-state index >= 15 is 0 Å². The normalized spacial score (nSPS) is 11.3. The number of nitrogens with one attached hydrogen (secondary N) is 1. The van der Waals surface area contributed by atoms with E-state index in [4.69, 9.17) is 9.47 Å². The summed E-state index contributed by atoms with van der Waals surface area (Å²) >= 11 is 0. The number of hydrogen-bond donors (Lipinski definition) is 1. The predicted octanol–water partition coefficient (Wildman–Crippen LogP) is 5.05. The molecule has 11 heteroatoms. The van der Waals surface area contributed by atoms with Gasteiger partial charge >= 0.3 is 12.2 Å². The van der Waals surface area contributed by atoms with Crippen LogP contribution in [0.15, 0.2) is 49.0 Å². The molecule has 0 saturated carbocycles. The van der Waals surface area contributed by atoms with E-state index in [9.17, 15) is 28.1 Å². The number of rotatable bonds is 8. The molecule has 8 nitrogen and oxygen atoms in total. The largest absolute Gasteiger partial charge is 0.416 e. The van der Waals surface area contributed by atoms with Crippen LogP contribution in [0.5, 0.6) is 0 Å². The van der Waals surface area contributed by atoms with Crippen LogP contribution in [0.25, 0.3) is 5.70 Å². The minimum absolute atomic E-state index is 0.0889. The highest BCUT2D eigenvalue weighted by atomic mass is 19.4. The highest BCUT2D eigenvalue weighted by Gasteiger charge is 2.30. The molecular weight excluding hydrogens is 431 g/mol. The Balaban J connectivity index is 2.31. The van der Waals surface area contributed by atoms with Crippen molar-refractivity contribution in [1.82, 2.24) is 4.90 Å². The lowest BCUT2D eigenvalue weighted by molar-refractivity contribution is -0.385. The lowest BCUT2D eigenvalue weighted by Crippen LogP contribution is -2.40. The van der Waals surface area contributed by atoms with Crippen molar-refractivity contribution in [3.63, 3.8) is 0 Å². The van der Waals surface area contributed by atoms with Gasteiger partial charge in [-0.2, -0.15) is 13.2 Å². The number of halogens is 3. The lowest BCUT2D eigenvalue weighted by Gasteiger charge is -2.28. The monoisotopic (exact) mass is 453 g/mol. The van der Waals surface area contributed by atoms with Gasteiger partial charge in [0.2, 0.25) is 0 Å². The number of hydrogen-bond acceptors (Lipinski definition) is 5. The van der Waals surface area contributed by atoms with E-state index in [2.05, 4.69) is 11.9 Å². The Kier molecular flexibility index (Phi) is 7.95. The van der Waals surface area contributed by atoms with Gasteiger partial charge in [0.15, 0.2) is 6.29 Å². The van der Waals surface area contributed by atoms with Crippen molar-refractivity contribution in [2.24, 2.45) is 0 Å². The fraction of sp³-hybridized carbons (Fsp3) is 0.286. The number of benzene rings is 2. The van der Waals surface area contributed by atoms with Crippen LogP contribution in [0.4, 0.5) is 29.3 Å². The van der Waals surface area contributed by atoms with Gasteiger partial charge in [-0.05, 0) is 48.9 Å². The first-order valence-corrected chi connectivity index (χ1v) is 9.23. The molecule has 1 N–H and O–H groups in total. The maximum absolute atomic E-state index is 12.9. The van der Waals surface area contributed by atoms with Crippen molar-refractivity contribution in [1.29, 1.82) is 0 Å². The van der Waals surface area contributed by atoms with Crippen molar-refractivity contribution >= 4 is 23.1 Å². The summed E-state index contributed by atoms with van der Waals surface area (Å²) < 4.78 is 48.6. The molecule has 0 bridgehead atoms. The summed E-state index contributed by atoms with van der Waals surface area (Å²) in [5, 5.41) is 13.6. The molecule has 2 rings (SSSR count). The van der Waals surface area contributed by atoms with Gasteiger partial charge in [-0.25, -0.2) is 4.79 Å². The third kappa shape index (κ3) is 6.05. The molecule has 0 radical (unpaired) electrons. The smallest absolute Gasteiger partial charge is 0.354 e. The van der Waals surface area contributed by atoms with E-state index in [0.717, 1.165) is 24.3 Å². The Bertz CT molecular complexity index is 989. The SMILES string of the molecule is C=C(c1ccc([N+](=O)[O-])c(C)c1)N(CC(OC)OC)C(=O)Nc1ccc(C(F)(F)F)cc1. The summed E-state index contributed by atoms with van der Waals surface area (Å²) in [7, 11) is 2.75. The van der Waals surface area contributed by atoms with Gasteiger partial charge in [-0.3, -0.25) is 15.0 Å². The first-order valence-electron chi connectivity index (χ1n) is 9.23. The number of nitro benzene ring substituents is 1. The Morgan fingerprint density at radius 1 is 1.19 bits per heavy atom. The van der Waals surface area contributed by atoms with Crippen LogP contribution in [0.2, 0.25) is 0 Å². The van der Waals surface area contributed by atoms with Crippen molar-refractivity contribution in [3.8, 4) is 0 Å². The molecule has 0 aliphatic carbocycles. The first kappa shape index (κ1) is 24.8. The quantitative estimate of drug-likeness (QED) is 0.343. The van der Waals surface area contributed by atoms with Crippen molar-refractivity contribution in [2.45, 2.75) is 19.4 Å². The van der Waals surface area contributed by atoms with Gasteiger partial charge in [0.1, 0.15) is 0 Å². The zero-order valence-electron chi connectivity index (χ0n) is 17.6. The second-order valence-corrected chi connectivity index (χ2v) is 6.72. The van der Waals surface area contributed by atoms with E-state index in [1.54, 1.807) is 6.92 Å². The van der Waals surface area contributed by atoms with E-state index in [1.807, 2.05) is 0 Å². The molecule has 0 fully saturated rings. The average molecular weight is 453 g/mol. The first-order chi connectivity index (χ1) is 15.0. The topological polar surface area (TPSA) is 93.9 Å². The molecular formula is C21H22F3N3O5. The molecule has 0 atom stereocenters. The van der Waals surface area contributed by atoms with Gasteiger partial charge in [-0.1, -0.05) is 6.58 Å². The molecule has 0 spiro atoms. The van der Waals surface area contributed by atoms with Crippen LogP contribution >= 0.6 is 0 Å². The van der Waals surface area contributed by atoms with Gasteiger partial charge in [0.25, 0.3) is 5.69 Å². The van der Waals surface area contributed by atoms with Gasteiger partial charge in [0, 0.05) is 37.2 Å². The molecule has 2 aromatic rings. The number of carbonyl (C=O) groups excluding carboxylic acids is 1. The Labute approximate surface area is 182 Å². The molecule has 32 heavy (non-hydrogen) atoms. The van der Waals surface area contributed by atoms with Gasteiger partial charge in [-0.15, -0.1) is 0 Å². The molecule has 0 aliphatic heterocycles. The molecule has 0 aliphatic rings. The highest BCUT2D eigenvalue weighted by molar-refractivity contribution is 5.95. The number of amides is 2. The molecule has 2 amide bonds. The number of anilines is 1. The summed E-state index contributed by atoms with van der Waals surface area (Å²) in [6.45, 7) is 5.35. The molecule has 2 aromatic carbocycles.